The molecule has 0 bridgehead atoms. The molecule has 0 saturated heterocycles. The van der Waals surface area contributed by atoms with E-state index in [0.29, 0.717) is 12.5 Å². The fourth-order valence-electron chi connectivity index (χ4n) is 2.61. The van der Waals surface area contributed by atoms with Crippen molar-refractivity contribution in [2.75, 3.05) is 11.4 Å². The number of azo groups is 1. The number of para-hydroxylation sites is 1. The van der Waals surface area contributed by atoms with Crippen LogP contribution < -0.4 is 4.90 Å². The first-order chi connectivity index (χ1) is 11.2. The number of hydrogen-bond acceptors (Lipinski definition) is 3. The van der Waals surface area contributed by atoms with Crippen molar-refractivity contribution in [3.05, 3.63) is 42.1 Å². The smallest absolute Gasteiger partial charge is 0.290 e. The van der Waals surface area contributed by atoms with Crippen LogP contribution in [0.15, 0.2) is 52.3 Å². The molecule has 0 radical (unpaired) electrons. The molecule has 1 aliphatic heterocycles. The number of carbonyl (C=O) groups excluding carboxylic acids is 2. The first kappa shape index (κ1) is 17.1. The lowest BCUT2D eigenvalue weighted by Crippen LogP contribution is -2.36. The van der Waals surface area contributed by atoms with Gasteiger partial charge in [-0.2, -0.15) is 0 Å². The summed E-state index contributed by atoms with van der Waals surface area (Å²) in [6, 6.07) is 9.52. The van der Waals surface area contributed by atoms with Crippen molar-refractivity contribution in [1.82, 2.24) is 0 Å². The third kappa shape index (κ3) is 4.58. The van der Waals surface area contributed by atoms with Crippen LogP contribution in [0.25, 0.3) is 0 Å². The monoisotopic (exact) mass is 313 g/mol. The van der Waals surface area contributed by atoms with Gasteiger partial charge in [0.1, 0.15) is 0 Å². The minimum Gasteiger partial charge on any atom is -0.307 e. The van der Waals surface area contributed by atoms with Gasteiger partial charge in [-0.3, -0.25) is 9.59 Å². The Morgan fingerprint density at radius 1 is 1.17 bits per heavy atom. The highest BCUT2D eigenvalue weighted by molar-refractivity contribution is 6.10. The zero-order valence-electron chi connectivity index (χ0n) is 13.7. The molecule has 1 unspecified atom stereocenters. The zero-order chi connectivity index (χ0) is 16.7. The second-order valence-electron chi connectivity index (χ2n) is 5.74. The van der Waals surface area contributed by atoms with E-state index in [0.717, 1.165) is 31.4 Å². The lowest BCUT2D eigenvalue weighted by Gasteiger charge is -2.27. The molecule has 1 atom stereocenters. The quantitative estimate of drug-likeness (QED) is 0.725. The fraction of sp³-hybridized carbons (Fsp3) is 0.444. The molecule has 1 aromatic carbocycles. The average Bonchev–Trinajstić information content (AvgIpc) is 3.02. The lowest BCUT2D eigenvalue weighted by molar-refractivity contribution is -0.116. The van der Waals surface area contributed by atoms with E-state index in [1.54, 1.807) is 4.90 Å². The van der Waals surface area contributed by atoms with Crippen molar-refractivity contribution in [3.63, 3.8) is 0 Å². The number of amides is 2. The summed E-state index contributed by atoms with van der Waals surface area (Å²) in [5.41, 5.74) is 0.937. The topological polar surface area (TPSA) is 62.1 Å². The van der Waals surface area contributed by atoms with Crippen LogP contribution in [0.1, 0.15) is 39.5 Å². The Kier molecular flexibility index (Phi) is 6.20. The Morgan fingerprint density at radius 2 is 1.91 bits per heavy atom. The van der Waals surface area contributed by atoms with Gasteiger partial charge in [0, 0.05) is 18.3 Å². The Balaban J connectivity index is 2.22. The molecular formula is C18H23N3O2. The van der Waals surface area contributed by atoms with Gasteiger partial charge in [-0.05, 0) is 24.5 Å². The highest BCUT2D eigenvalue weighted by Crippen LogP contribution is 2.23. The number of nitrogens with zero attached hydrogens (tertiary/aromatic N) is 3. The molecule has 122 valence electrons. The van der Waals surface area contributed by atoms with E-state index in [1.807, 2.05) is 30.3 Å². The number of carbonyl (C=O) groups is 2. The first-order valence-corrected chi connectivity index (χ1v) is 8.20. The first-order valence-electron chi connectivity index (χ1n) is 8.20. The third-order valence-corrected chi connectivity index (χ3v) is 4.03. The molecule has 0 N–H and O–H groups in total. The molecule has 0 spiro atoms. The minimum atomic E-state index is -0.473. The van der Waals surface area contributed by atoms with Crippen molar-refractivity contribution >= 4 is 17.5 Å². The van der Waals surface area contributed by atoms with Gasteiger partial charge in [-0.25, -0.2) is 0 Å². The van der Waals surface area contributed by atoms with Gasteiger partial charge >= 0.3 is 0 Å². The van der Waals surface area contributed by atoms with Gasteiger partial charge in [0.2, 0.25) is 0 Å². The average molecular weight is 313 g/mol. The van der Waals surface area contributed by atoms with Gasteiger partial charge in [0.25, 0.3) is 11.8 Å². The number of hydrogen-bond donors (Lipinski definition) is 0. The van der Waals surface area contributed by atoms with Crippen LogP contribution in [0.5, 0.6) is 0 Å². The second kappa shape index (κ2) is 8.36. The maximum absolute atomic E-state index is 12.8. The predicted octanol–water partition coefficient (Wildman–Crippen LogP) is 4.11. The van der Waals surface area contributed by atoms with Crippen molar-refractivity contribution in [3.8, 4) is 0 Å². The highest BCUT2D eigenvalue weighted by Gasteiger charge is 2.25. The van der Waals surface area contributed by atoms with Gasteiger partial charge < -0.3 is 4.90 Å². The number of unbranched alkanes of at least 4 members (excludes halogenated alkanes) is 1. The Labute approximate surface area is 137 Å². The second-order valence-corrected chi connectivity index (χ2v) is 5.74. The predicted molar refractivity (Wildman–Crippen MR) is 90.0 cm³/mol. The van der Waals surface area contributed by atoms with E-state index < -0.39 is 5.91 Å². The summed E-state index contributed by atoms with van der Waals surface area (Å²) < 4.78 is 0. The van der Waals surface area contributed by atoms with Crippen LogP contribution >= 0.6 is 0 Å². The molecule has 0 fully saturated rings. The van der Waals surface area contributed by atoms with E-state index in [2.05, 4.69) is 24.1 Å². The summed E-state index contributed by atoms with van der Waals surface area (Å²) in [6.07, 6.45) is 5.59. The maximum atomic E-state index is 12.8. The number of benzene rings is 1. The minimum absolute atomic E-state index is 0.115. The van der Waals surface area contributed by atoms with Gasteiger partial charge in [0.05, 0.1) is 0 Å². The Hall–Kier alpha value is -2.30. The Morgan fingerprint density at radius 3 is 2.48 bits per heavy atom. The van der Waals surface area contributed by atoms with Crippen LogP contribution in [0, 0.1) is 5.92 Å². The van der Waals surface area contributed by atoms with Crippen molar-refractivity contribution in [2.24, 2.45) is 16.1 Å². The molecular weight excluding hydrogens is 290 g/mol. The van der Waals surface area contributed by atoms with E-state index in [-0.39, 0.29) is 11.6 Å². The van der Waals surface area contributed by atoms with Crippen LogP contribution in [0.2, 0.25) is 0 Å². The summed E-state index contributed by atoms with van der Waals surface area (Å²) in [4.78, 5) is 25.7. The summed E-state index contributed by atoms with van der Waals surface area (Å²) in [5, 5.41) is 7.11. The lowest BCUT2D eigenvalue weighted by atomic mass is 9.98. The molecule has 0 saturated carbocycles. The van der Waals surface area contributed by atoms with Crippen LogP contribution in [0.3, 0.4) is 0 Å². The van der Waals surface area contributed by atoms with E-state index >= 15 is 0 Å². The molecule has 0 aliphatic carbocycles. The van der Waals surface area contributed by atoms with Gasteiger partial charge in [-0.1, -0.05) is 51.3 Å². The molecule has 23 heavy (non-hydrogen) atoms. The molecule has 1 aliphatic rings. The number of rotatable bonds is 8. The summed E-state index contributed by atoms with van der Waals surface area (Å²) in [7, 11) is 0. The van der Waals surface area contributed by atoms with Crippen LogP contribution in [-0.2, 0) is 9.59 Å². The maximum Gasteiger partial charge on any atom is 0.290 e. The summed E-state index contributed by atoms with van der Waals surface area (Å²) >= 11 is 0. The third-order valence-electron chi connectivity index (χ3n) is 4.03. The van der Waals surface area contributed by atoms with Crippen molar-refractivity contribution in [1.29, 1.82) is 0 Å². The molecule has 2 rings (SSSR count). The number of anilines is 1. The molecule has 1 aromatic rings. The molecule has 2 amide bonds. The largest absolute Gasteiger partial charge is 0.307 e. The Bertz CT molecular complexity index is 608. The van der Waals surface area contributed by atoms with Gasteiger partial charge in [0.15, 0.2) is 5.70 Å². The fourth-order valence-corrected chi connectivity index (χ4v) is 2.61. The van der Waals surface area contributed by atoms with Crippen LogP contribution in [-0.4, -0.2) is 18.4 Å². The van der Waals surface area contributed by atoms with E-state index in [9.17, 15) is 9.59 Å². The summed E-state index contributed by atoms with van der Waals surface area (Å²) in [6.45, 7) is 4.94. The van der Waals surface area contributed by atoms with Crippen molar-refractivity contribution < 1.29 is 9.59 Å². The summed E-state index contributed by atoms with van der Waals surface area (Å²) in [5.74, 6) is -0.311. The van der Waals surface area contributed by atoms with Gasteiger partial charge in [-0.15, -0.1) is 10.2 Å². The standard InChI is InChI=1S/C18H23N3O2/c1-3-5-9-14(4-2)13-21(15-10-7-6-8-11-15)18(23)16-12-17(22)20-19-16/h6-8,10-12,14H,3-5,9,13H2,1-2H3. The SMILES string of the molecule is CCCCC(CC)CN(C(=O)C1=CC(=O)N=N1)c1ccccc1. The highest BCUT2D eigenvalue weighted by atomic mass is 16.2. The zero-order valence-corrected chi connectivity index (χ0v) is 13.7. The van der Waals surface area contributed by atoms with Crippen molar-refractivity contribution in [2.45, 2.75) is 39.5 Å². The molecule has 1 heterocycles. The van der Waals surface area contributed by atoms with Crippen LogP contribution in [0.4, 0.5) is 5.69 Å². The van der Waals surface area contributed by atoms with E-state index in [4.69, 9.17) is 0 Å². The van der Waals surface area contributed by atoms with E-state index in [1.165, 1.54) is 6.08 Å². The normalized spacial score (nSPS) is 14.7. The molecule has 5 nitrogen and oxygen atoms in total. The molecule has 0 aromatic heterocycles. The molecule has 5 heteroatoms.